The molecule has 1 aromatic rings. The third-order valence-electron chi connectivity index (χ3n) is 3.40. The Hall–Kier alpha value is -0.900. The summed E-state index contributed by atoms with van der Waals surface area (Å²) in [6.45, 7) is 4.91. The van der Waals surface area contributed by atoms with Crippen molar-refractivity contribution in [2.45, 2.75) is 25.2 Å². The van der Waals surface area contributed by atoms with Crippen LogP contribution < -0.4 is 0 Å². The lowest BCUT2D eigenvalue weighted by atomic mass is 10.2. The fraction of sp³-hybridized carbons (Fsp3) is 0.571. The van der Waals surface area contributed by atoms with Crippen LogP contribution in [0, 0.1) is 0 Å². The second kappa shape index (κ2) is 5.17. The maximum atomic E-state index is 5.83. The average Bonchev–Trinajstić information content (AvgIpc) is 3.09. The van der Waals surface area contributed by atoms with Gasteiger partial charge in [0, 0.05) is 19.6 Å². The molecule has 0 spiro atoms. The smallest absolute Gasteiger partial charge is 0.104 e. The monoisotopic (exact) mass is 233 g/mol. The van der Waals surface area contributed by atoms with Crippen LogP contribution in [0.3, 0.4) is 0 Å². The summed E-state index contributed by atoms with van der Waals surface area (Å²) >= 11 is 0. The third kappa shape index (κ3) is 3.28. The molecule has 2 heterocycles. The molecule has 1 aromatic carbocycles. The Labute approximate surface area is 102 Å². The van der Waals surface area contributed by atoms with E-state index in [9.17, 15) is 0 Å². The molecule has 3 heteroatoms. The Morgan fingerprint density at radius 2 is 2.12 bits per heavy atom. The Bertz CT molecular complexity index is 350. The summed E-state index contributed by atoms with van der Waals surface area (Å²) in [5.41, 5.74) is 1.39. The van der Waals surface area contributed by atoms with Gasteiger partial charge in [-0.15, -0.1) is 0 Å². The minimum atomic E-state index is 0.387. The summed E-state index contributed by atoms with van der Waals surface area (Å²) in [6.07, 6.45) is 1.95. The minimum absolute atomic E-state index is 0.387. The molecule has 0 radical (unpaired) electrons. The van der Waals surface area contributed by atoms with Gasteiger partial charge in [-0.05, 0) is 12.0 Å². The van der Waals surface area contributed by atoms with E-state index in [0.29, 0.717) is 12.2 Å². The Kier molecular flexibility index (Phi) is 3.41. The molecule has 2 aliphatic rings. The molecule has 92 valence electrons. The van der Waals surface area contributed by atoms with Crippen LogP contribution >= 0.6 is 0 Å². The maximum absolute atomic E-state index is 5.83. The first-order valence-electron chi connectivity index (χ1n) is 6.39. The van der Waals surface area contributed by atoms with Gasteiger partial charge in [-0.3, -0.25) is 4.90 Å². The van der Waals surface area contributed by atoms with E-state index in [1.165, 1.54) is 5.56 Å². The maximum Gasteiger partial charge on any atom is 0.104 e. The number of nitrogens with zero attached hydrogens (tertiary/aromatic N) is 1. The van der Waals surface area contributed by atoms with Crippen molar-refractivity contribution in [3.8, 4) is 0 Å². The van der Waals surface area contributed by atoms with E-state index in [2.05, 4.69) is 35.2 Å². The number of benzene rings is 1. The molecular weight excluding hydrogens is 214 g/mol. The molecule has 3 rings (SSSR count). The van der Waals surface area contributed by atoms with Crippen molar-refractivity contribution >= 4 is 0 Å². The molecule has 0 amide bonds. The zero-order chi connectivity index (χ0) is 11.5. The molecule has 0 N–H and O–H groups in total. The van der Waals surface area contributed by atoms with E-state index in [1.807, 2.05) is 0 Å². The number of ether oxygens (including phenoxy) is 2. The SMILES string of the molecule is c1ccc(CN2CC[C@H](OC[C@H]3CO3)C2)cc1. The van der Waals surface area contributed by atoms with Gasteiger partial charge in [0.05, 0.1) is 19.3 Å². The van der Waals surface area contributed by atoms with Crippen LogP contribution in [0.5, 0.6) is 0 Å². The summed E-state index contributed by atoms with van der Waals surface area (Å²) in [4.78, 5) is 2.47. The predicted octanol–water partition coefficient (Wildman–Crippen LogP) is 1.68. The number of hydrogen-bond acceptors (Lipinski definition) is 3. The Balaban J connectivity index is 1.43. The first-order valence-corrected chi connectivity index (χ1v) is 6.39. The van der Waals surface area contributed by atoms with E-state index >= 15 is 0 Å². The normalized spacial score (nSPS) is 28.5. The van der Waals surface area contributed by atoms with Gasteiger partial charge in [-0.25, -0.2) is 0 Å². The van der Waals surface area contributed by atoms with Crippen molar-refractivity contribution in [1.29, 1.82) is 0 Å². The van der Waals surface area contributed by atoms with E-state index in [-0.39, 0.29) is 0 Å². The molecule has 17 heavy (non-hydrogen) atoms. The summed E-state index contributed by atoms with van der Waals surface area (Å²) in [5, 5.41) is 0. The fourth-order valence-electron chi connectivity index (χ4n) is 2.33. The zero-order valence-electron chi connectivity index (χ0n) is 10.0. The Morgan fingerprint density at radius 3 is 2.88 bits per heavy atom. The first-order chi connectivity index (χ1) is 8.40. The number of rotatable bonds is 5. The molecule has 2 saturated heterocycles. The number of epoxide rings is 1. The van der Waals surface area contributed by atoms with E-state index in [1.54, 1.807) is 0 Å². The topological polar surface area (TPSA) is 25.0 Å². The largest absolute Gasteiger partial charge is 0.374 e. The van der Waals surface area contributed by atoms with Gasteiger partial charge < -0.3 is 9.47 Å². The van der Waals surface area contributed by atoms with Crippen molar-refractivity contribution in [2.24, 2.45) is 0 Å². The molecule has 2 atom stereocenters. The van der Waals surface area contributed by atoms with Crippen molar-refractivity contribution in [1.82, 2.24) is 4.90 Å². The molecule has 0 aromatic heterocycles. The molecule has 0 bridgehead atoms. The van der Waals surface area contributed by atoms with Crippen molar-refractivity contribution in [3.63, 3.8) is 0 Å². The quantitative estimate of drug-likeness (QED) is 0.723. The Morgan fingerprint density at radius 1 is 1.29 bits per heavy atom. The van der Waals surface area contributed by atoms with E-state index in [4.69, 9.17) is 9.47 Å². The molecule has 3 nitrogen and oxygen atoms in total. The second-order valence-electron chi connectivity index (χ2n) is 4.92. The van der Waals surface area contributed by atoms with Gasteiger partial charge in [0.1, 0.15) is 6.10 Å². The van der Waals surface area contributed by atoms with E-state index < -0.39 is 0 Å². The molecule has 2 fully saturated rings. The standard InChI is InChI=1S/C14H19NO2/c1-2-4-12(5-3-1)8-15-7-6-13(9-15)16-10-14-11-17-14/h1-5,13-14H,6-11H2/t13-,14-/m0/s1. The van der Waals surface area contributed by atoms with Crippen molar-refractivity contribution < 1.29 is 9.47 Å². The first kappa shape index (κ1) is 11.2. The van der Waals surface area contributed by atoms with Gasteiger partial charge in [0.15, 0.2) is 0 Å². The highest BCUT2D eigenvalue weighted by molar-refractivity contribution is 5.14. The highest BCUT2D eigenvalue weighted by atomic mass is 16.6. The lowest BCUT2D eigenvalue weighted by Crippen LogP contribution is -2.23. The number of likely N-dealkylation sites (tertiary alicyclic amines) is 1. The predicted molar refractivity (Wildman–Crippen MR) is 65.8 cm³/mol. The number of hydrogen-bond donors (Lipinski definition) is 0. The van der Waals surface area contributed by atoms with E-state index in [0.717, 1.165) is 39.3 Å². The van der Waals surface area contributed by atoms with Gasteiger partial charge in [0.25, 0.3) is 0 Å². The van der Waals surface area contributed by atoms with Gasteiger partial charge in [0.2, 0.25) is 0 Å². The fourth-order valence-corrected chi connectivity index (χ4v) is 2.33. The zero-order valence-corrected chi connectivity index (χ0v) is 10.0. The average molecular weight is 233 g/mol. The minimum Gasteiger partial charge on any atom is -0.374 e. The van der Waals surface area contributed by atoms with Gasteiger partial charge in [-0.2, -0.15) is 0 Å². The van der Waals surface area contributed by atoms with Crippen LogP contribution in [-0.2, 0) is 16.0 Å². The van der Waals surface area contributed by atoms with Crippen LogP contribution in [0.2, 0.25) is 0 Å². The molecule has 2 aliphatic heterocycles. The highest BCUT2D eigenvalue weighted by Crippen LogP contribution is 2.18. The summed E-state index contributed by atoms with van der Waals surface area (Å²) in [5.74, 6) is 0. The molecule has 0 saturated carbocycles. The lowest BCUT2D eigenvalue weighted by Gasteiger charge is -2.16. The molecule has 0 unspecified atom stereocenters. The van der Waals surface area contributed by atoms with Crippen molar-refractivity contribution in [2.75, 3.05) is 26.3 Å². The lowest BCUT2D eigenvalue weighted by molar-refractivity contribution is 0.0479. The van der Waals surface area contributed by atoms with Crippen LogP contribution in [-0.4, -0.2) is 43.4 Å². The molecule has 0 aliphatic carbocycles. The summed E-state index contributed by atoms with van der Waals surface area (Å²) in [7, 11) is 0. The summed E-state index contributed by atoms with van der Waals surface area (Å²) < 4.78 is 11.0. The second-order valence-corrected chi connectivity index (χ2v) is 4.92. The van der Waals surface area contributed by atoms with Crippen LogP contribution in [0.1, 0.15) is 12.0 Å². The van der Waals surface area contributed by atoms with Crippen molar-refractivity contribution in [3.05, 3.63) is 35.9 Å². The molecular formula is C14H19NO2. The highest BCUT2D eigenvalue weighted by Gasteiger charge is 2.27. The van der Waals surface area contributed by atoms with Crippen LogP contribution in [0.15, 0.2) is 30.3 Å². The van der Waals surface area contributed by atoms with Gasteiger partial charge in [-0.1, -0.05) is 30.3 Å². The van der Waals surface area contributed by atoms with Gasteiger partial charge >= 0.3 is 0 Å². The summed E-state index contributed by atoms with van der Waals surface area (Å²) in [6, 6.07) is 10.6. The van der Waals surface area contributed by atoms with Crippen LogP contribution in [0.4, 0.5) is 0 Å². The van der Waals surface area contributed by atoms with Crippen LogP contribution in [0.25, 0.3) is 0 Å². The third-order valence-corrected chi connectivity index (χ3v) is 3.40.